The van der Waals surface area contributed by atoms with E-state index in [2.05, 4.69) is 21.5 Å². The molecule has 4 rings (SSSR count). The van der Waals surface area contributed by atoms with Crippen LogP contribution in [0.3, 0.4) is 0 Å². The van der Waals surface area contributed by atoms with E-state index in [0.717, 1.165) is 27.5 Å². The molecule has 0 spiro atoms. The van der Waals surface area contributed by atoms with E-state index in [-0.39, 0.29) is 6.79 Å². The van der Waals surface area contributed by atoms with Gasteiger partial charge < -0.3 is 9.47 Å². The minimum absolute atomic E-state index is 0.288. The largest absolute Gasteiger partial charge is 0.454 e. The van der Waals surface area contributed by atoms with Crippen molar-refractivity contribution in [3.8, 4) is 11.5 Å². The lowest BCUT2D eigenvalue weighted by Crippen LogP contribution is -2.39. The summed E-state index contributed by atoms with van der Waals surface area (Å²) < 4.78 is 11.7. The van der Waals surface area contributed by atoms with Gasteiger partial charge in [0.1, 0.15) is 4.61 Å². The molecule has 1 aromatic carbocycles. The van der Waals surface area contributed by atoms with Crippen LogP contribution in [0.4, 0.5) is 5.69 Å². The Morgan fingerprint density at radius 1 is 1.21 bits per heavy atom. The number of fused-ring (bicyclic) bond motifs is 2. The molecule has 6 heteroatoms. The second-order valence-electron chi connectivity index (χ2n) is 4.25. The maximum absolute atomic E-state index is 5.39. The minimum atomic E-state index is 0.288. The number of hydrogen-bond acceptors (Lipinski definition) is 5. The van der Waals surface area contributed by atoms with Crippen LogP contribution in [0.5, 0.6) is 11.5 Å². The first-order valence-corrected chi connectivity index (χ1v) is 6.61. The van der Waals surface area contributed by atoms with Crippen LogP contribution in [-0.4, -0.2) is 11.8 Å². The molecular formula is C13H10BrN3O2. The first-order valence-electron chi connectivity index (χ1n) is 5.82. The second kappa shape index (κ2) is 4.04. The van der Waals surface area contributed by atoms with Crippen LogP contribution in [0.25, 0.3) is 0 Å². The van der Waals surface area contributed by atoms with Crippen molar-refractivity contribution in [2.75, 3.05) is 11.8 Å². The van der Waals surface area contributed by atoms with E-state index in [1.54, 1.807) is 0 Å². The summed E-state index contributed by atoms with van der Waals surface area (Å²) in [7, 11) is 0. The zero-order valence-corrected chi connectivity index (χ0v) is 11.4. The average molecular weight is 320 g/mol. The molecule has 3 heterocycles. The van der Waals surface area contributed by atoms with Crippen molar-refractivity contribution in [1.29, 1.82) is 0 Å². The lowest BCUT2D eigenvalue weighted by atomic mass is 10.2. The third-order valence-electron chi connectivity index (χ3n) is 3.08. The van der Waals surface area contributed by atoms with Crippen LogP contribution in [0.15, 0.2) is 52.9 Å². The lowest BCUT2D eigenvalue weighted by Gasteiger charge is -2.24. The van der Waals surface area contributed by atoms with Gasteiger partial charge in [-0.1, -0.05) is 6.08 Å². The highest BCUT2D eigenvalue weighted by Crippen LogP contribution is 2.37. The highest BCUT2D eigenvalue weighted by Gasteiger charge is 2.24. The van der Waals surface area contributed by atoms with Gasteiger partial charge in [0.25, 0.3) is 0 Å². The molecule has 0 unspecified atom stereocenters. The smallest absolute Gasteiger partial charge is 0.231 e. The Bertz CT molecular complexity index is 639. The lowest BCUT2D eigenvalue weighted by molar-refractivity contribution is 0.174. The van der Waals surface area contributed by atoms with Gasteiger partial charge in [0.2, 0.25) is 6.79 Å². The normalized spacial score (nSPS) is 19.4. The van der Waals surface area contributed by atoms with Crippen LogP contribution >= 0.6 is 15.9 Å². The Balaban J connectivity index is 1.67. The Hall–Kier alpha value is -1.92. The van der Waals surface area contributed by atoms with Crippen molar-refractivity contribution in [2.24, 2.45) is 0 Å². The van der Waals surface area contributed by atoms with Crippen LogP contribution in [0, 0.1) is 0 Å². The second-order valence-corrected chi connectivity index (χ2v) is 5.06. The SMILES string of the molecule is BrC1=CC=CC2=CN(c3ccc4c(c3)OCO4)NN12. The fraction of sp³-hybridized carbons (Fsp3) is 0.0769. The molecule has 1 N–H and O–H groups in total. The molecule has 3 aliphatic heterocycles. The fourth-order valence-electron chi connectivity index (χ4n) is 2.14. The zero-order chi connectivity index (χ0) is 12.8. The van der Waals surface area contributed by atoms with E-state index < -0.39 is 0 Å². The van der Waals surface area contributed by atoms with Gasteiger partial charge in [-0.15, -0.1) is 5.53 Å². The molecule has 0 bridgehead atoms. The van der Waals surface area contributed by atoms with Gasteiger partial charge in [-0.2, -0.15) is 0 Å². The summed E-state index contributed by atoms with van der Waals surface area (Å²) in [5.74, 6) is 1.56. The fourth-order valence-corrected chi connectivity index (χ4v) is 2.58. The Morgan fingerprint density at radius 2 is 2.11 bits per heavy atom. The molecule has 0 amide bonds. The summed E-state index contributed by atoms with van der Waals surface area (Å²) >= 11 is 3.51. The highest BCUT2D eigenvalue weighted by molar-refractivity contribution is 9.11. The number of ether oxygens (including phenoxy) is 2. The van der Waals surface area contributed by atoms with Gasteiger partial charge in [-0.25, -0.2) is 0 Å². The predicted octanol–water partition coefficient (Wildman–Crippen LogP) is 2.60. The third-order valence-corrected chi connectivity index (χ3v) is 3.69. The Morgan fingerprint density at radius 3 is 3.00 bits per heavy atom. The summed E-state index contributed by atoms with van der Waals surface area (Å²) in [5, 5.41) is 3.88. The summed E-state index contributed by atoms with van der Waals surface area (Å²) in [6, 6.07) is 5.85. The number of nitrogens with one attached hydrogen (secondary N) is 1. The summed E-state index contributed by atoms with van der Waals surface area (Å²) in [6.45, 7) is 0.288. The van der Waals surface area contributed by atoms with Gasteiger partial charge in [0, 0.05) is 12.3 Å². The van der Waals surface area contributed by atoms with Crippen LogP contribution in [0.2, 0.25) is 0 Å². The van der Waals surface area contributed by atoms with Crippen LogP contribution < -0.4 is 20.0 Å². The van der Waals surface area contributed by atoms with E-state index in [1.165, 1.54) is 0 Å². The topological polar surface area (TPSA) is 37.0 Å². The van der Waals surface area contributed by atoms with Crippen molar-refractivity contribution in [3.63, 3.8) is 0 Å². The predicted molar refractivity (Wildman–Crippen MR) is 74.3 cm³/mol. The monoisotopic (exact) mass is 319 g/mol. The molecule has 1 aromatic rings. The summed E-state index contributed by atoms with van der Waals surface area (Å²) in [4.78, 5) is 0. The highest BCUT2D eigenvalue weighted by atomic mass is 79.9. The van der Waals surface area contributed by atoms with Crippen LogP contribution in [-0.2, 0) is 0 Å². The van der Waals surface area contributed by atoms with Gasteiger partial charge in [0.15, 0.2) is 11.5 Å². The third kappa shape index (κ3) is 1.72. The van der Waals surface area contributed by atoms with Gasteiger partial charge in [-0.3, -0.25) is 10.0 Å². The van der Waals surface area contributed by atoms with Gasteiger partial charge in [-0.05, 0) is 40.2 Å². The van der Waals surface area contributed by atoms with Crippen molar-refractivity contribution < 1.29 is 9.47 Å². The Kier molecular flexibility index (Phi) is 2.33. The molecule has 0 aromatic heterocycles. The van der Waals surface area contributed by atoms with E-state index in [9.17, 15) is 0 Å². The van der Waals surface area contributed by atoms with E-state index >= 15 is 0 Å². The maximum Gasteiger partial charge on any atom is 0.231 e. The zero-order valence-electron chi connectivity index (χ0n) is 9.84. The standard InChI is InChI=1S/C13H10BrN3O2/c14-13-3-1-2-10-7-16(15-17(10)13)9-4-5-11-12(6-9)19-8-18-11/h1-7,15H,8H2. The van der Waals surface area contributed by atoms with Gasteiger partial charge >= 0.3 is 0 Å². The van der Waals surface area contributed by atoms with E-state index in [0.29, 0.717) is 0 Å². The molecule has 19 heavy (non-hydrogen) atoms. The number of hydrogen-bond donors (Lipinski definition) is 1. The first-order chi connectivity index (χ1) is 9.31. The van der Waals surface area contributed by atoms with Crippen LogP contribution in [0.1, 0.15) is 0 Å². The number of nitrogens with zero attached hydrogens (tertiary/aromatic N) is 2. The summed E-state index contributed by atoms with van der Waals surface area (Å²) in [6.07, 6.45) is 8.03. The number of halogens is 1. The van der Waals surface area contributed by atoms with Gasteiger partial charge in [0.05, 0.1) is 11.4 Å². The molecule has 0 saturated carbocycles. The first kappa shape index (κ1) is 11.0. The molecule has 0 fully saturated rings. The number of hydrazine groups is 2. The van der Waals surface area contributed by atoms with Crippen molar-refractivity contribution >= 4 is 21.6 Å². The molecule has 0 aliphatic carbocycles. The Labute approximate surface area is 118 Å². The molecule has 0 radical (unpaired) electrons. The minimum Gasteiger partial charge on any atom is -0.454 e. The van der Waals surface area contributed by atoms with Crippen molar-refractivity contribution in [3.05, 3.63) is 52.9 Å². The number of allylic oxidation sites excluding steroid dienone is 3. The van der Waals surface area contributed by atoms with Crippen molar-refractivity contribution in [2.45, 2.75) is 0 Å². The molecule has 5 nitrogen and oxygen atoms in total. The molecule has 0 atom stereocenters. The number of anilines is 1. The number of benzene rings is 1. The molecule has 96 valence electrons. The molecular weight excluding hydrogens is 310 g/mol. The average Bonchev–Trinajstić information content (AvgIpc) is 3.04. The van der Waals surface area contributed by atoms with E-state index in [4.69, 9.17) is 9.47 Å². The van der Waals surface area contributed by atoms with E-state index in [1.807, 2.05) is 52.6 Å². The number of rotatable bonds is 1. The van der Waals surface area contributed by atoms with Crippen molar-refractivity contribution in [1.82, 2.24) is 10.5 Å². The molecule has 0 saturated heterocycles. The quantitative estimate of drug-likeness (QED) is 0.805. The molecule has 3 aliphatic rings. The summed E-state index contributed by atoms with van der Waals surface area (Å²) in [5.41, 5.74) is 5.31. The maximum atomic E-state index is 5.39.